The minimum Gasteiger partial charge on any atom is -0.497 e. The third-order valence-corrected chi connectivity index (χ3v) is 1.93. The Morgan fingerprint density at radius 3 is 2.19 bits per heavy atom. The highest BCUT2D eigenvalue weighted by atomic mass is 16.5. The number of allylic oxidation sites excluding steroid dienone is 5. The predicted molar refractivity (Wildman–Crippen MR) is 66.4 cm³/mol. The third kappa shape index (κ3) is 4.42. The number of rotatable bonds is 5. The van der Waals surface area contributed by atoms with Crippen molar-refractivity contribution < 1.29 is 9.53 Å². The van der Waals surface area contributed by atoms with E-state index in [1.54, 1.807) is 19.3 Å². The molecule has 0 saturated carbocycles. The minimum atomic E-state index is 0.748. The second-order valence-electron chi connectivity index (χ2n) is 3.04. The lowest BCUT2D eigenvalue weighted by Gasteiger charge is -1.98. The van der Waals surface area contributed by atoms with Gasteiger partial charge < -0.3 is 4.74 Å². The standard InChI is InChI=1S/C14H14O2/c1-16-14-10-8-13(9-11-14)7-5-3-2-4-6-12-15/h2-12H,1H3. The predicted octanol–water partition coefficient (Wildman–Crippen LogP) is 3.02. The molecule has 0 aliphatic carbocycles. The summed E-state index contributed by atoms with van der Waals surface area (Å²) in [7, 11) is 1.65. The van der Waals surface area contributed by atoms with Crippen LogP contribution in [0.3, 0.4) is 0 Å². The van der Waals surface area contributed by atoms with Crippen LogP contribution in [0.15, 0.2) is 54.6 Å². The molecule has 1 aromatic rings. The summed E-state index contributed by atoms with van der Waals surface area (Å²) in [6.45, 7) is 0. The van der Waals surface area contributed by atoms with E-state index in [2.05, 4.69) is 0 Å². The molecule has 0 amide bonds. The molecule has 0 bridgehead atoms. The number of methoxy groups -OCH3 is 1. The summed E-state index contributed by atoms with van der Waals surface area (Å²) in [6.07, 6.45) is 11.4. The molecule has 1 aromatic carbocycles. The fourth-order valence-electron chi connectivity index (χ4n) is 1.12. The summed E-state index contributed by atoms with van der Waals surface area (Å²) in [5.41, 5.74) is 1.10. The van der Waals surface area contributed by atoms with Crippen molar-refractivity contribution in [1.29, 1.82) is 0 Å². The minimum absolute atomic E-state index is 0.748. The Labute approximate surface area is 95.6 Å². The van der Waals surface area contributed by atoms with Gasteiger partial charge in [-0.25, -0.2) is 0 Å². The molecule has 1 rings (SSSR count). The molecule has 0 aromatic heterocycles. The van der Waals surface area contributed by atoms with Crippen LogP contribution in [0.2, 0.25) is 0 Å². The van der Waals surface area contributed by atoms with Crippen LogP contribution in [0.1, 0.15) is 5.56 Å². The van der Waals surface area contributed by atoms with Crippen LogP contribution >= 0.6 is 0 Å². The van der Waals surface area contributed by atoms with Crippen molar-refractivity contribution in [3.05, 3.63) is 60.2 Å². The maximum absolute atomic E-state index is 9.97. The lowest BCUT2D eigenvalue weighted by atomic mass is 10.2. The first-order valence-electron chi connectivity index (χ1n) is 4.96. The first kappa shape index (κ1) is 12.0. The van der Waals surface area contributed by atoms with Crippen molar-refractivity contribution in [1.82, 2.24) is 0 Å². The normalized spacial score (nSPS) is 11.6. The molecule has 82 valence electrons. The molecule has 0 unspecified atom stereocenters. The fraction of sp³-hybridized carbons (Fsp3) is 0.0714. The number of hydrogen-bond acceptors (Lipinski definition) is 2. The van der Waals surface area contributed by atoms with Gasteiger partial charge in [0.2, 0.25) is 0 Å². The van der Waals surface area contributed by atoms with E-state index in [1.807, 2.05) is 42.5 Å². The monoisotopic (exact) mass is 214 g/mol. The molecule has 2 nitrogen and oxygen atoms in total. The van der Waals surface area contributed by atoms with Gasteiger partial charge in [0, 0.05) is 0 Å². The zero-order chi connectivity index (χ0) is 11.6. The van der Waals surface area contributed by atoms with E-state index in [9.17, 15) is 4.79 Å². The van der Waals surface area contributed by atoms with Gasteiger partial charge in [-0.3, -0.25) is 4.79 Å². The van der Waals surface area contributed by atoms with E-state index in [0.29, 0.717) is 0 Å². The number of hydrogen-bond donors (Lipinski definition) is 0. The van der Waals surface area contributed by atoms with Gasteiger partial charge in [0.1, 0.15) is 12.0 Å². The zero-order valence-electron chi connectivity index (χ0n) is 9.17. The summed E-state index contributed by atoms with van der Waals surface area (Å²) in [6, 6.07) is 7.78. The second kappa shape index (κ2) is 7.23. The largest absolute Gasteiger partial charge is 0.497 e. The van der Waals surface area contributed by atoms with Gasteiger partial charge >= 0.3 is 0 Å². The van der Waals surface area contributed by atoms with Crippen molar-refractivity contribution in [2.75, 3.05) is 7.11 Å². The van der Waals surface area contributed by atoms with E-state index in [4.69, 9.17) is 4.74 Å². The molecule has 0 heterocycles. The van der Waals surface area contributed by atoms with Crippen LogP contribution in [0, 0.1) is 0 Å². The zero-order valence-corrected chi connectivity index (χ0v) is 9.17. The highest BCUT2D eigenvalue weighted by Gasteiger charge is 1.88. The lowest BCUT2D eigenvalue weighted by molar-refractivity contribution is -0.104. The third-order valence-electron chi connectivity index (χ3n) is 1.93. The Hall–Kier alpha value is -2.09. The topological polar surface area (TPSA) is 26.3 Å². The average molecular weight is 214 g/mol. The molecule has 0 atom stereocenters. The van der Waals surface area contributed by atoms with Gasteiger partial charge in [-0.1, -0.05) is 42.5 Å². The van der Waals surface area contributed by atoms with Gasteiger partial charge in [0.05, 0.1) is 7.11 Å². The Morgan fingerprint density at radius 1 is 0.938 bits per heavy atom. The summed E-state index contributed by atoms with van der Waals surface area (Å²) in [5.74, 6) is 0.849. The van der Waals surface area contributed by atoms with Crippen molar-refractivity contribution in [3.8, 4) is 5.75 Å². The Bertz CT molecular complexity index is 397. The van der Waals surface area contributed by atoms with E-state index < -0.39 is 0 Å². The molecule has 0 aliphatic rings. The number of benzene rings is 1. The average Bonchev–Trinajstić information content (AvgIpc) is 2.34. The van der Waals surface area contributed by atoms with Crippen LogP contribution in [0.5, 0.6) is 5.75 Å². The highest BCUT2D eigenvalue weighted by molar-refractivity contribution is 5.65. The molecule has 2 heteroatoms. The highest BCUT2D eigenvalue weighted by Crippen LogP contribution is 2.12. The van der Waals surface area contributed by atoms with Crippen molar-refractivity contribution in [2.45, 2.75) is 0 Å². The molecule has 0 saturated heterocycles. The summed E-state index contributed by atoms with van der Waals surface area (Å²) in [5, 5.41) is 0. The first-order chi connectivity index (χ1) is 7.86. The van der Waals surface area contributed by atoms with Crippen LogP contribution in [0.4, 0.5) is 0 Å². The van der Waals surface area contributed by atoms with E-state index in [1.165, 1.54) is 6.08 Å². The Kier molecular flexibility index (Phi) is 5.42. The molecular formula is C14H14O2. The second-order valence-corrected chi connectivity index (χ2v) is 3.04. The van der Waals surface area contributed by atoms with E-state index in [0.717, 1.165) is 17.6 Å². The van der Waals surface area contributed by atoms with Crippen molar-refractivity contribution >= 4 is 12.4 Å². The van der Waals surface area contributed by atoms with Crippen molar-refractivity contribution in [3.63, 3.8) is 0 Å². The van der Waals surface area contributed by atoms with Crippen molar-refractivity contribution in [2.24, 2.45) is 0 Å². The molecular weight excluding hydrogens is 200 g/mol. The molecule has 0 N–H and O–H groups in total. The SMILES string of the molecule is COc1ccc(C=CC=CC=CC=O)cc1. The van der Waals surface area contributed by atoms with Crippen LogP contribution in [-0.4, -0.2) is 13.4 Å². The van der Waals surface area contributed by atoms with Gasteiger partial charge in [-0.2, -0.15) is 0 Å². The number of carbonyl (C=O) groups excluding carboxylic acids is 1. The molecule has 0 radical (unpaired) electrons. The van der Waals surface area contributed by atoms with Gasteiger partial charge in [0.15, 0.2) is 0 Å². The molecule has 16 heavy (non-hydrogen) atoms. The fourth-order valence-corrected chi connectivity index (χ4v) is 1.12. The van der Waals surface area contributed by atoms with E-state index in [-0.39, 0.29) is 0 Å². The summed E-state index contributed by atoms with van der Waals surface area (Å²) >= 11 is 0. The summed E-state index contributed by atoms with van der Waals surface area (Å²) < 4.78 is 5.06. The van der Waals surface area contributed by atoms with Gasteiger partial charge in [-0.05, 0) is 23.8 Å². The smallest absolute Gasteiger partial charge is 0.142 e. The van der Waals surface area contributed by atoms with Crippen LogP contribution < -0.4 is 4.74 Å². The summed E-state index contributed by atoms with van der Waals surface area (Å²) in [4.78, 5) is 9.97. The van der Waals surface area contributed by atoms with Crippen LogP contribution in [-0.2, 0) is 4.79 Å². The Morgan fingerprint density at radius 2 is 1.56 bits per heavy atom. The van der Waals surface area contributed by atoms with Crippen LogP contribution in [0.25, 0.3) is 6.08 Å². The van der Waals surface area contributed by atoms with Gasteiger partial charge in [-0.15, -0.1) is 0 Å². The maximum atomic E-state index is 9.97. The first-order valence-corrected chi connectivity index (χ1v) is 4.96. The number of ether oxygens (including phenoxy) is 1. The molecule has 0 aliphatic heterocycles. The number of carbonyl (C=O) groups is 1. The Balaban J connectivity index is 2.52. The molecule has 0 fully saturated rings. The molecule has 0 spiro atoms. The number of aldehydes is 1. The van der Waals surface area contributed by atoms with E-state index >= 15 is 0 Å². The quantitative estimate of drug-likeness (QED) is 0.428. The lowest BCUT2D eigenvalue weighted by Crippen LogP contribution is -1.81. The maximum Gasteiger partial charge on any atom is 0.142 e. The van der Waals surface area contributed by atoms with Gasteiger partial charge in [0.25, 0.3) is 0 Å².